The maximum Gasteiger partial charge on any atom is 0.143 e. The zero-order chi connectivity index (χ0) is 26.9. The summed E-state index contributed by atoms with van der Waals surface area (Å²) < 4.78 is 6.59. The van der Waals surface area contributed by atoms with E-state index < -0.39 is 0 Å². The minimum Gasteiger partial charge on any atom is -0.455 e. The van der Waals surface area contributed by atoms with Crippen LogP contribution in [-0.4, -0.2) is 0 Å². The number of benzene rings is 8. The molecule has 8 aromatic carbocycles. The van der Waals surface area contributed by atoms with Crippen LogP contribution in [0.2, 0.25) is 0 Å². The molecule has 41 heavy (non-hydrogen) atoms. The number of fused-ring (bicyclic) bond motifs is 3. The van der Waals surface area contributed by atoms with Gasteiger partial charge in [0.15, 0.2) is 0 Å². The number of hydrogen-bond acceptors (Lipinski definition) is 1. The minimum atomic E-state index is 0.915. The van der Waals surface area contributed by atoms with E-state index in [4.69, 9.17) is 4.42 Å². The summed E-state index contributed by atoms with van der Waals surface area (Å²) >= 11 is 0. The summed E-state index contributed by atoms with van der Waals surface area (Å²) in [7, 11) is 0. The molecule has 0 spiro atoms. The van der Waals surface area contributed by atoms with Crippen LogP contribution in [0.3, 0.4) is 0 Å². The first-order valence-electron chi connectivity index (χ1n) is 14.1. The summed E-state index contributed by atoms with van der Waals surface area (Å²) in [4.78, 5) is 0. The zero-order valence-corrected chi connectivity index (χ0v) is 22.3. The smallest absolute Gasteiger partial charge is 0.143 e. The van der Waals surface area contributed by atoms with Gasteiger partial charge in [0.25, 0.3) is 0 Å². The Labute approximate surface area is 237 Å². The van der Waals surface area contributed by atoms with Gasteiger partial charge < -0.3 is 4.42 Å². The highest BCUT2D eigenvalue weighted by molar-refractivity contribution is 6.29. The van der Waals surface area contributed by atoms with E-state index in [9.17, 15) is 0 Å². The van der Waals surface area contributed by atoms with Crippen molar-refractivity contribution in [3.63, 3.8) is 0 Å². The fourth-order valence-corrected chi connectivity index (χ4v) is 6.82. The van der Waals surface area contributed by atoms with Crippen molar-refractivity contribution in [2.45, 2.75) is 0 Å². The molecule has 0 N–H and O–H groups in total. The van der Waals surface area contributed by atoms with Crippen molar-refractivity contribution in [2.24, 2.45) is 0 Å². The Morgan fingerprint density at radius 2 is 0.878 bits per heavy atom. The van der Waals surface area contributed by atoms with Gasteiger partial charge in [-0.05, 0) is 66.2 Å². The Balaban J connectivity index is 1.35. The van der Waals surface area contributed by atoms with Crippen molar-refractivity contribution in [1.29, 1.82) is 0 Å². The molecule has 0 aliphatic carbocycles. The molecule has 1 aromatic heterocycles. The van der Waals surface area contributed by atoms with Crippen LogP contribution in [0.25, 0.3) is 87.6 Å². The number of hydrogen-bond donors (Lipinski definition) is 0. The van der Waals surface area contributed by atoms with Crippen molar-refractivity contribution in [3.8, 4) is 33.4 Å². The van der Waals surface area contributed by atoms with Crippen LogP contribution >= 0.6 is 0 Å². The Bertz CT molecular complexity index is 2400. The van der Waals surface area contributed by atoms with Gasteiger partial charge in [-0.1, -0.05) is 140 Å². The lowest BCUT2D eigenvalue weighted by molar-refractivity contribution is 0.670. The highest BCUT2D eigenvalue weighted by Crippen LogP contribution is 2.45. The monoisotopic (exact) mass is 520 g/mol. The molecule has 0 unspecified atom stereocenters. The molecule has 0 amide bonds. The molecule has 0 radical (unpaired) electrons. The van der Waals surface area contributed by atoms with Gasteiger partial charge in [0.2, 0.25) is 0 Å². The highest BCUT2D eigenvalue weighted by Gasteiger charge is 2.19. The van der Waals surface area contributed by atoms with Gasteiger partial charge in [-0.15, -0.1) is 0 Å². The number of furan rings is 1. The molecule has 1 heteroatoms. The van der Waals surface area contributed by atoms with Crippen LogP contribution in [-0.2, 0) is 0 Å². The summed E-state index contributed by atoms with van der Waals surface area (Å²) in [6.45, 7) is 0. The molecule has 9 aromatic rings. The van der Waals surface area contributed by atoms with Crippen LogP contribution in [0.4, 0.5) is 0 Å². The largest absolute Gasteiger partial charge is 0.455 e. The number of para-hydroxylation sites is 1. The molecule has 0 atom stereocenters. The normalized spacial score (nSPS) is 11.9. The number of rotatable bonds is 3. The Morgan fingerprint density at radius 1 is 0.317 bits per heavy atom. The molecule has 0 bridgehead atoms. The summed E-state index contributed by atoms with van der Waals surface area (Å²) in [5.41, 5.74) is 9.08. The van der Waals surface area contributed by atoms with Crippen LogP contribution in [0.5, 0.6) is 0 Å². The summed E-state index contributed by atoms with van der Waals surface area (Å²) in [6, 6.07) is 52.4. The molecule has 1 nitrogen and oxygen atoms in total. The van der Waals surface area contributed by atoms with Gasteiger partial charge in [0.1, 0.15) is 11.2 Å². The molecular formula is C40H24O. The average Bonchev–Trinajstić information content (AvgIpc) is 3.43. The molecule has 9 rings (SSSR count). The van der Waals surface area contributed by atoms with E-state index in [0.717, 1.165) is 27.7 Å². The van der Waals surface area contributed by atoms with Crippen LogP contribution < -0.4 is 0 Å². The lowest BCUT2D eigenvalue weighted by atomic mass is 9.86. The Kier molecular flexibility index (Phi) is 4.67. The Hall–Kier alpha value is -5.40. The average molecular weight is 521 g/mol. The summed E-state index contributed by atoms with van der Waals surface area (Å²) in [6.07, 6.45) is 0. The van der Waals surface area contributed by atoms with E-state index in [1.54, 1.807) is 0 Å². The molecule has 0 fully saturated rings. The lowest BCUT2D eigenvalue weighted by Gasteiger charge is -2.17. The molecule has 0 aliphatic rings. The third-order valence-electron chi connectivity index (χ3n) is 8.65. The van der Waals surface area contributed by atoms with Gasteiger partial charge in [-0.2, -0.15) is 0 Å². The van der Waals surface area contributed by atoms with Crippen molar-refractivity contribution in [2.75, 3.05) is 0 Å². The fourth-order valence-electron chi connectivity index (χ4n) is 6.82. The van der Waals surface area contributed by atoms with E-state index >= 15 is 0 Å². The Morgan fingerprint density at radius 3 is 1.59 bits per heavy atom. The highest BCUT2D eigenvalue weighted by atomic mass is 16.3. The first-order chi connectivity index (χ1) is 20.3. The van der Waals surface area contributed by atoms with E-state index in [2.05, 4.69) is 146 Å². The van der Waals surface area contributed by atoms with Gasteiger partial charge in [-0.25, -0.2) is 0 Å². The molecule has 0 saturated heterocycles. The van der Waals surface area contributed by atoms with Crippen molar-refractivity contribution in [3.05, 3.63) is 146 Å². The van der Waals surface area contributed by atoms with E-state index in [1.807, 2.05) is 0 Å². The molecule has 0 saturated carbocycles. The zero-order valence-electron chi connectivity index (χ0n) is 22.3. The molecule has 190 valence electrons. The predicted molar refractivity (Wildman–Crippen MR) is 174 cm³/mol. The van der Waals surface area contributed by atoms with E-state index in [1.165, 1.54) is 60.0 Å². The van der Waals surface area contributed by atoms with Gasteiger partial charge in [-0.3, -0.25) is 0 Å². The summed E-state index contributed by atoms with van der Waals surface area (Å²) in [5, 5.41) is 10.1. The van der Waals surface area contributed by atoms with E-state index in [0.29, 0.717) is 0 Å². The first-order valence-corrected chi connectivity index (χ1v) is 14.1. The van der Waals surface area contributed by atoms with Crippen LogP contribution in [0, 0.1) is 0 Å². The van der Waals surface area contributed by atoms with Crippen molar-refractivity contribution < 1.29 is 4.42 Å². The minimum absolute atomic E-state index is 0.915. The lowest BCUT2D eigenvalue weighted by Crippen LogP contribution is -1.89. The van der Waals surface area contributed by atoms with Crippen molar-refractivity contribution >= 4 is 54.3 Å². The van der Waals surface area contributed by atoms with E-state index in [-0.39, 0.29) is 0 Å². The van der Waals surface area contributed by atoms with Gasteiger partial charge in [0.05, 0.1) is 0 Å². The van der Waals surface area contributed by atoms with Crippen LogP contribution in [0.1, 0.15) is 0 Å². The molecule has 1 heterocycles. The summed E-state index contributed by atoms with van der Waals surface area (Å²) in [5.74, 6) is 0. The SMILES string of the molecule is c1ccc(-c2ccc3ccc4ccc(-c5cccc6oc7c(-c8ccccc8)cccc7c56)c5ccc2c3c45)cc1. The predicted octanol–water partition coefficient (Wildman–Crippen LogP) is 11.5. The maximum absolute atomic E-state index is 6.59. The van der Waals surface area contributed by atoms with Gasteiger partial charge >= 0.3 is 0 Å². The quantitative estimate of drug-likeness (QED) is 0.211. The topological polar surface area (TPSA) is 13.1 Å². The van der Waals surface area contributed by atoms with Gasteiger partial charge in [0, 0.05) is 16.3 Å². The second-order valence-corrected chi connectivity index (χ2v) is 10.8. The third kappa shape index (κ3) is 3.24. The van der Waals surface area contributed by atoms with Crippen LogP contribution in [0.15, 0.2) is 150 Å². The standard InChI is InChI=1S/C40H24O/c1-3-9-25(10-4-1)29-21-19-27-17-18-28-20-22-31(34-24-23-33(29)37(27)38(28)34)32-14-8-16-36-39(32)35-15-7-13-30(40(35)41-36)26-11-5-2-6-12-26/h1-24H. The maximum atomic E-state index is 6.59. The second-order valence-electron chi connectivity index (χ2n) is 10.8. The third-order valence-corrected chi connectivity index (χ3v) is 8.65. The second kappa shape index (κ2) is 8.55. The first kappa shape index (κ1) is 22.4. The molecule has 0 aliphatic heterocycles. The fraction of sp³-hybridized carbons (Fsp3) is 0. The molecular weight excluding hydrogens is 496 g/mol. The van der Waals surface area contributed by atoms with Crippen molar-refractivity contribution in [1.82, 2.24) is 0 Å².